The molecule has 0 atom stereocenters. The molecule has 14 heavy (non-hydrogen) atoms. The highest BCUT2D eigenvalue weighted by atomic mass is 14.9. The van der Waals surface area contributed by atoms with Crippen molar-refractivity contribution >= 4 is 16.5 Å². The summed E-state index contributed by atoms with van der Waals surface area (Å²) in [5.41, 5.74) is 2.82. The van der Waals surface area contributed by atoms with Gasteiger partial charge in [-0.05, 0) is 35.2 Å². The van der Waals surface area contributed by atoms with Crippen LogP contribution in [0.25, 0.3) is 10.8 Å². The fourth-order valence-corrected chi connectivity index (χ4v) is 2.26. The van der Waals surface area contributed by atoms with Gasteiger partial charge in [-0.25, -0.2) is 0 Å². The van der Waals surface area contributed by atoms with E-state index in [1.54, 1.807) is 0 Å². The highest BCUT2D eigenvalue weighted by Crippen LogP contribution is 2.29. The van der Waals surface area contributed by atoms with Crippen molar-refractivity contribution < 1.29 is 0 Å². The Balaban J connectivity index is 2.34. The molecular formula is C13H13N. The molecule has 0 saturated heterocycles. The molecule has 2 aromatic carbocycles. The number of hydrogen-bond acceptors (Lipinski definition) is 1. The Morgan fingerprint density at radius 3 is 2.93 bits per heavy atom. The van der Waals surface area contributed by atoms with Gasteiger partial charge in [-0.1, -0.05) is 30.3 Å². The first-order chi connectivity index (χ1) is 6.95. The van der Waals surface area contributed by atoms with Gasteiger partial charge in [0.05, 0.1) is 0 Å². The van der Waals surface area contributed by atoms with Gasteiger partial charge in [0.1, 0.15) is 0 Å². The van der Waals surface area contributed by atoms with Crippen LogP contribution in [0.2, 0.25) is 0 Å². The van der Waals surface area contributed by atoms with Crippen LogP contribution >= 0.6 is 0 Å². The Kier molecular flexibility index (Phi) is 1.69. The Morgan fingerprint density at radius 2 is 1.93 bits per heavy atom. The van der Waals surface area contributed by atoms with Gasteiger partial charge >= 0.3 is 0 Å². The Bertz CT molecular complexity index is 474. The zero-order chi connectivity index (χ0) is 9.38. The molecule has 3 rings (SSSR count). The van der Waals surface area contributed by atoms with Crippen molar-refractivity contribution in [3.05, 3.63) is 42.0 Å². The van der Waals surface area contributed by atoms with Crippen molar-refractivity contribution in [3.8, 4) is 0 Å². The van der Waals surface area contributed by atoms with Crippen LogP contribution in [0, 0.1) is 0 Å². The highest BCUT2D eigenvalue weighted by Gasteiger charge is 2.10. The van der Waals surface area contributed by atoms with Gasteiger partial charge in [0, 0.05) is 12.2 Å². The molecule has 0 aliphatic carbocycles. The molecule has 1 heteroatoms. The van der Waals surface area contributed by atoms with E-state index in [1.807, 2.05) is 0 Å². The minimum absolute atomic E-state index is 1.12. The van der Waals surface area contributed by atoms with Gasteiger partial charge in [-0.3, -0.25) is 0 Å². The largest absolute Gasteiger partial charge is 0.385 e. The van der Waals surface area contributed by atoms with Crippen LogP contribution in [0.1, 0.15) is 12.0 Å². The molecular weight excluding hydrogens is 170 g/mol. The topological polar surface area (TPSA) is 12.0 Å². The van der Waals surface area contributed by atoms with Crippen LogP contribution in [0.3, 0.4) is 0 Å². The first kappa shape index (κ1) is 7.86. The number of rotatable bonds is 0. The van der Waals surface area contributed by atoms with Crippen molar-refractivity contribution in [2.45, 2.75) is 12.8 Å². The molecule has 2 aromatic rings. The van der Waals surface area contributed by atoms with Crippen molar-refractivity contribution in [2.75, 3.05) is 11.9 Å². The van der Waals surface area contributed by atoms with Crippen LogP contribution in [0.15, 0.2) is 36.4 Å². The lowest BCUT2D eigenvalue weighted by molar-refractivity contribution is 0.836. The molecule has 70 valence electrons. The Morgan fingerprint density at radius 1 is 1.00 bits per heavy atom. The van der Waals surface area contributed by atoms with Gasteiger partial charge in [-0.15, -0.1) is 0 Å². The van der Waals surface area contributed by atoms with Gasteiger partial charge < -0.3 is 5.32 Å². The zero-order valence-corrected chi connectivity index (χ0v) is 8.09. The third kappa shape index (κ3) is 1.09. The lowest BCUT2D eigenvalue weighted by Gasteiger charge is -2.19. The molecule has 0 bridgehead atoms. The zero-order valence-electron chi connectivity index (χ0n) is 8.09. The van der Waals surface area contributed by atoms with Crippen LogP contribution in [-0.4, -0.2) is 6.54 Å². The number of anilines is 1. The van der Waals surface area contributed by atoms with Crippen molar-refractivity contribution in [1.29, 1.82) is 0 Å². The summed E-state index contributed by atoms with van der Waals surface area (Å²) < 4.78 is 0. The van der Waals surface area contributed by atoms with Crippen molar-refractivity contribution in [2.24, 2.45) is 0 Å². The van der Waals surface area contributed by atoms with E-state index in [4.69, 9.17) is 0 Å². The molecule has 1 aliphatic rings. The maximum absolute atomic E-state index is 3.45. The molecule has 0 amide bonds. The normalized spacial score (nSPS) is 14.9. The molecule has 1 aliphatic heterocycles. The summed E-state index contributed by atoms with van der Waals surface area (Å²) in [7, 11) is 0. The molecule has 1 heterocycles. The van der Waals surface area contributed by atoms with Crippen LogP contribution in [-0.2, 0) is 6.42 Å². The van der Waals surface area contributed by atoms with Gasteiger partial charge in [0.25, 0.3) is 0 Å². The summed E-state index contributed by atoms with van der Waals surface area (Å²) in [6.07, 6.45) is 2.46. The molecule has 0 fully saturated rings. The van der Waals surface area contributed by atoms with E-state index in [1.165, 1.54) is 34.9 Å². The Hall–Kier alpha value is -1.50. The minimum Gasteiger partial charge on any atom is -0.385 e. The third-order valence-electron chi connectivity index (χ3n) is 2.96. The summed E-state index contributed by atoms with van der Waals surface area (Å²) in [5.74, 6) is 0. The quantitative estimate of drug-likeness (QED) is 0.661. The lowest BCUT2D eigenvalue weighted by atomic mass is 9.96. The summed E-state index contributed by atoms with van der Waals surface area (Å²) in [6, 6.07) is 13.0. The lowest BCUT2D eigenvalue weighted by Crippen LogP contribution is -2.11. The van der Waals surface area contributed by atoms with E-state index in [2.05, 4.69) is 41.7 Å². The molecule has 1 nitrogen and oxygen atoms in total. The van der Waals surface area contributed by atoms with Crippen molar-refractivity contribution in [1.82, 2.24) is 0 Å². The third-order valence-corrected chi connectivity index (χ3v) is 2.96. The number of fused-ring (bicyclic) bond motifs is 3. The number of hydrogen-bond donors (Lipinski definition) is 1. The smallest absolute Gasteiger partial charge is 0.0379 e. The van der Waals surface area contributed by atoms with E-state index in [-0.39, 0.29) is 0 Å². The van der Waals surface area contributed by atoms with Crippen molar-refractivity contribution in [3.63, 3.8) is 0 Å². The summed E-state index contributed by atoms with van der Waals surface area (Å²) in [4.78, 5) is 0. The molecule has 0 spiro atoms. The van der Waals surface area contributed by atoms with E-state index in [9.17, 15) is 0 Å². The molecule has 0 radical (unpaired) electrons. The SMILES string of the molecule is c1ccc2c3c(ccc2c1)NCCC3. The van der Waals surface area contributed by atoms with Crippen LogP contribution in [0.5, 0.6) is 0 Å². The van der Waals surface area contributed by atoms with E-state index in [0.717, 1.165) is 6.54 Å². The van der Waals surface area contributed by atoms with E-state index in [0.29, 0.717) is 0 Å². The predicted octanol–water partition coefficient (Wildman–Crippen LogP) is 3.20. The Labute approximate surface area is 83.8 Å². The number of aryl methyl sites for hydroxylation is 1. The monoisotopic (exact) mass is 183 g/mol. The standard InChI is InChI=1S/C13H13N/c1-2-5-11-10(4-1)7-8-13-12(11)6-3-9-14-13/h1-2,4-5,7-8,14H,3,6,9H2. The fourth-order valence-electron chi connectivity index (χ4n) is 2.26. The maximum Gasteiger partial charge on any atom is 0.0379 e. The molecule has 1 N–H and O–H groups in total. The van der Waals surface area contributed by atoms with E-state index >= 15 is 0 Å². The van der Waals surface area contributed by atoms with Gasteiger partial charge in [-0.2, -0.15) is 0 Å². The van der Waals surface area contributed by atoms with Gasteiger partial charge in [0.2, 0.25) is 0 Å². The second kappa shape index (κ2) is 3.02. The van der Waals surface area contributed by atoms with E-state index < -0.39 is 0 Å². The minimum atomic E-state index is 1.12. The first-order valence-corrected chi connectivity index (χ1v) is 5.20. The van der Waals surface area contributed by atoms with Crippen LogP contribution < -0.4 is 5.32 Å². The maximum atomic E-state index is 3.45. The average molecular weight is 183 g/mol. The predicted molar refractivity (Wildman–Crippen MR) is 60.8 cm³/mol. The number of benzene rings is 2. The summed E-state index contributed by atoms with van der Waals surface area (Å²) in [5, 5.41) is 6.23. The second-order valence-corrected chi connectivity index (χ2v) is 3.84. The van der Waals surface area contributed by atoms with Gasteiger partial charge in [0.15, 0.2) is 0 Å². The van der Waals surface area contributed by atoms with Crippen LogP contribution in [0.4, 0.5) is 5.69 Å². The second-order valence-electron chi connectivity index (χ2n) is 3.84. The average Bonchev–Trinajstić information content (AvgIpc) is 2.29. The summed E-state index contributed by atoms with van der Waals surface area (Å²) >= 11 is 0. The first-order valence-electron chi connectivity index (χ1n) is 5.20. The molecule has 0 saturated carbocycles. The number of nitrogens with one attached hydrogen (secondary N) is 1. The fraction of sp³-hybridized carbons (Fsp3) is 0.231. The molecule has 0 unspecified atom stereocenters. The highest BCUT2D eigenvalue weighted by molar-refractivity contribution is 5.90. The summed E-state index contributed by atoms with van der Waals surface area (Å²) in [6.45, 7) is 1.12. The molecule has 0 aromatic heterocycles.